The number of hydrogen-bond acceptors (Lipinski definition) is 2. The Balaban J connectivity index is 2.62. The highest BCUT2D eigenvalue weighted by atomic mass is 15.3. The van der Waals surface area contributed by atoms with Crippen molar-refractivity contribution in [2.75, 3.05) is 6.54 Å². The minimum Gasteiger partial charge on any atom is -0.318 e. The van der Waals surface area contributed by atoms with Crippen LogP contribution in [0.3, 0.4) is 0 Å². The van der Waals surface area contributed by atoms with E-state index in [1.165, 1.54) is 0 Å². The molecule has 11 heavy (non-hydrogen) atoms. The summed E-state index contributed by atoms with van der Waals surface area (Å²) in [6.07, 6.45) is 2.40. The highest BCUT2D eigenvalue weighted by molar-refractivity contribution is 4.87. The molecule has 0 saturated heterocycles. The lowest BCUT2D eigenvalue weighted by Crippen LogP contribution is -2.01. The predicted molar refractivity (Wildman–Crippen MR) is 40.9 cm³/mol. The van der Waals surface area contributed by atoms with Gasteiger partial charge in [0.25, 0.3) is 0 Å². The van der Waals surface area contributed by atoms with Crippen molar-refractivity contribution in [3.05, 3.63) is 23.6 Å². The maximum absolute atomic E-state index is 6.60. The van der Waals surface area contributed by atoms with Gasteiger partial charge in [0, 0.05) is 6.54 Å². The van der Waals surface area contributed by atoms with E-state index in [4.69, 9.17) is 6.57 Å². The second-order valence-corrected chi connectivity index (χ2v) is 2.16. The van der Waals surface area contributed by atoms with Crippen LogP contribution in [0.15, 0.2) is 6.33 Å². The van der Waals surface area contributed by atoms with E-state index in [-0.39, 0.29) is 0 Å². The molecule has 1 aromatic rings. The molecule has 58 valence electrons. The second-order valence-electron chi connectivity index (χ2n) is 2.16. The van der Waals surface area contributed by atoms with E-state index in [0.29, 0.717) is 13.0 Å². The van der Waals surface area contributed by atoms with Crippen LogP contribution in [-0.4, -0.2) is 21.3 Å². The fraction of sp³-hybridized carbons (Fsp3) is 0.571. The van der Waals surface area contributed by atoms with Crippen molar-refractivity contribution in [3.8, 4) is 0 Å². The van der Waals surface area contributed by atoms with Crippen molar-refractivity contribution >= 4 is 0 Å². The van der Waals surface area contributed by atoms with Crippen molar-refractivity contribution in [1.29, 1.82) is 0 Å². The number of hydrogen-bond donors (Lipinski definition) is 0. The molecular weight excluding hydrogens is 140 g/mol. The van der Waals surface area contributed by atoms with Crippen LogP contribution in [0.25, 0.3) is 4.85 Å². The normalized spacial score (nSPS) is 9.45. The van der Waals surface area contributed by atoms with Crippen molar-refractivity contribution in [1.82, 2.24) is 14.8 Å². The minimum absolute atomic E-state index is 0.499. The van der Waals surface area contributed by atoms with E-state index in [9.17, 15) is 0 Å². The molecule has 0 fully saturated rings. The number of rotatable bonds is 3. The first-order valence-electron chi connectivity index (χ1n) is 3.58. The van der Waals surface area contributed by atoms with Gasteiger partial charge in [0.15, 0.2) is 0 Å². The van der Waals surface area contributed by atoms with Gasteiger partial charge in [-0.05, 0) is 6.92 Å². The van der Waals surface area contributed by atoms with Crippen LogP contribution in [-0.2, 0) is 13.0 Å². The molecule has 0 aliphatic rings. The summed E-state index contributed by atoms with van der Waals surface area (Å²) in [5.41, 5.74) is 0. The molecule has 0 unspecified atom stereocenters. The van der Waals surface area contributed by atoms with Crippen LogP contribution in [0, 0.1) is 6.57 Å². The molecule has 4 nitrogen and oxygen atoms in total. The van der Waals surface area contributed by atoms with Gasteiger partial charge in [0.1, 0.15) is 12.2 Å². The summed E-state index contributed by atoms with van der Waals surface area (Å²) in [7, 11) is 0. The van der Waals surface area contributed by atoms with Crippen molar-refractivity contribution in [2.45, 2.75) is 19.9 Å². The van der Waals surface area contributed by atoms with Gasteiger partial charge in [-0.15, -0.1) is 10.2 Å². The maximum atomic E-state index is 6.60. The molecule has 1 heterocycles. The van der Waals surface area contributed by atoms with E-state index in [1.807, 2.05) is 11.5 Å². The molecule has 0 atom stereocenters. The fourth-order valence-corrected chi connectivity index (χ4v) is 0.893. The predicted octanol–water partition coefficient (Wildman–Crippen LogP) is 0.760. The third kappa shape index (κ3) is 1.77. The zero-order valence-corrected chi connectivity index (χ0v) is 6.49. The fourth-order valence-electron chi connectivity index (χ4n) is 0.893. The molecular formula is C7H10N4. The molecule has 0 spiro atoms. The highest BCUT2D eigenvalue weighted by Crippen LogP contribution is 1.95. The summed E-state index contributed by atoms with van der Waals surface area (Å²) < 4.78 is 1.95. The minimum atomic E-state index is 0.499. The van der Waals surface area contributed by atoms with Crippen molar-refractivity contribution in [2.24, 2.45) is 0 Å². The maximum Gasteiger partial charge on any atom is 0.221 e. The van der Waals surface area contributed by atoms with Crippen LogP contribution in [0.4, 0.5) is 0 Å². The monoisotopic (exact) mass is 150 g/mol. The first kappa shape index (κ1) is 7.73. The topological polar surface area (TPSA) is 35.1 Å². The van der Waals surface area contributed by atoms with Crippen LogP contribution in [0.5, 0.6) is 0 Å². The van der Waals surface area contributed by atoms with Crippen LogP contribution < -0.4 is 0 Å². The summed E-state index contributed by atoms with van der Waals surface area (Å²) in [5, 5.41) is 7.65. The Kier molecular flexibility index (Phi) is 2.61. The Morgan fingerprint density at radius 1 is 1.73 bits per heavy atom. The van der Waals surface area contributed by atoms with Gasteiger partial charge in [-0.2, -0.15) is 0 Å². The van der Waals surface area contributed by atoms with Gasteiger partial charge >= 0.3 is 0 Å². The third-order valence-electron chi connectivity index (χ3n) is 1.48. The SMILES string of the molecule is [C-]#[N+]CCc1nncn1CC. The van der Waals surface area contributed by atoms with Crippen molar-refractivity contribution < 1.29 is 0 Å². The average molecular weight is 150 g/mol. The quantitative estimate of drug-likeness (QED) is 0.596. The lowest BCUT2D eigenvalue weighted by atomic mass is 10.4. The standard InChI is InChI=1S/C7H10N4/c1-3-11-6-9-10-7(11)4-5-8-2/h6H,3-5H2,1H3. The van der Waals surface area contributed by atoms with Gasteiger partial charge in [0.2, 0.25) is 6.54 Å². The van der Waals surface area contributed by atoms with Gasteiger partial charge in [0.05, 0.1) is 6.42 Å². The molecule has 0 radical (unpaired) electrons. The van der Waals surface area contributed by atoms with Crippen molar-refractivity contribution in [3.63, 3.8) is 0 Å². The number of aromatic nitrogens is 3. The molecule has 0 amide bonds. The van der Waals surface area contributed by atoms with E-state index < -0.39 is 0 Å². The average Bonchev–Trinajstić information content (AvgIpc) is 2.47. The first-order valence-corrected chi connectivity index (χ1v) is 3.58. The Morgan fingerprint density at radius 3 is 3.18 bits per heavy atom. The molecule has 1 rings (SSSR count). The Bertz CT molecular complexity index is 258. The molecule has 0 bridgehead atoms. The molecule has 4 heteroatoms. The first-order chi connectivity index (χ1) is 5.38. The summed E-state index contributed by atoms with van der Waals surface area (Å²) in [5.74, 6) is 0.906. The smallest absolute Gasteiger partial charge is 0.221 e. The van der Waals surface area contributed by atoms with E-state index >= 15 is 0 Å². The Morgan fingerprint density at radius 2 is 2.55 bits per heavy atom. The molecule has 0 N–H and O–H groups in total. The molecule has 0 aliphatic heterocycles. The Hall–Kier alpha value is -1.37. The van der Waals surface area contributed by atoms with Gasteiger partial charge in [-0.3, -0.25) is 0 Å². The summed E-state index contributed by atoms with van der Waals surface area (Å²) in [6.45, 7) is 10.0. The van der Waals surface area contributed by atoms with Crippen LogP contribution in [0.2, 0.25) is 0 Å². The van der Waals surface area contributed by atoms with E-state index in [1.54, 1.807) is 6.33 Å². The largest absolute Gasteiger partial charge is 0.318 e. The lowest BCUT2D eigenvalue weighted by Gasteiger charge is -1.97. The number of aryl methyl sites for hydroxylation is 1. The third-order valence-corrected chi connectivity index (χ3v) is 1.48. The zero-order chi connectivity index (χ0) is 8.10. The van der Waals surface area contributed by atoms with Crippen LogP contribution in [0.1, 0.15) is 12.7 Å². The lowest BCUT2D eigenvalue weighted by molar-refractivity contribution is 0.701. The zero-order valence-electron chi connectivity index (χ0n) is 6.49. The van der Waals surface area contributed by atoms with Crippen LogP contribution >= 0.6 is 0 Å². The molecule has 0 aliphatic carbocycles. The molecule has 0 aromatic carbocycles. The highest BCUT2D eigenvalue weighted by Gasteiger charge is 2.02. The van der Waals surface area contributed by atoms with Gasteiger partial charge in [-0.1, -0.05) is 0 Å². The second kappa shape index (κ2) is 3.71. The van der Waals surface area contributed by atoms with Gasteiger partial charge < -0.3 is 9.41 Å². The van der Waals surface area contributed by atoms with E-state index in [2.05, 4.69) is 15.0 Å². The van der Waals surface area contributed by atoms with E-state index in [0.717, 1.165) is 12.4 Å². The number of nitrogens with zero attached hydrogens (tertiary/aromatic N) is 4. The summed E-state index contributed by atoms with van der Waals surface area (Å²) in [6, 6.07) is 0. The summed E-state index contributed by atoms with van der Waals surface area (Å²) in [4.78, 5) is 3.25. The summed E-state index contributed by atoms with van der Waals surface area (Å²) >= 11 is 0. The Labute approximate surface area is 65.7 Å². The van der Waals surface area contributed by atoms with Gasteiger partial charge in [-0.25, -0.2) is 6.57 Å². The molecule has 1 aromatic heterocycles. The molecule has 0 saturated carbocycles.